The van der Waals surface area contributed by atoms with Crippen LogP contribution in [0.1, 0.15) is 12.8 Å². The van der Waals surface area contributed by atoms with Crippen molar-refractivity contribution >= 4 is 5.78 Å². The number of ketones is 1. The van der Waals surface area contributed by atoms with Gasteiger partial charge in [0.05, 0.1) is 12.6 Å². The molecule has 2 aliphatic rings. The number of hydrogen-bond donors (Lipinski definition) is 2. The van der Waals surface area contributed by atoms with Crippen LogP contribution in [0.2, 0.25) is 0 Å². The van der Waals surface area contributed by atoms with Gasteiger partial charge in [0.15, 0.2) is 5.78 Å². The number of Topliss-reactive ketones (excluding diaryl/α,β-unsaturated/α-hetero) is 1. The first-order chi connectivity index (χ1) is 9.79. The molecule has 5 heteroatoms. The molecule has 1 aromatic rings. The highest BCUT2D eigenvalue weighted by Gasteiger charge is 2.39. The Bertz CT molecular complexity index is 527. The molecule has 0 saturated carbocycles. The number of allylic oxidation sites excluding steroid dienone is 1. The van der Waals surface area contributed by atoms with Gasteiger partial charge in [-0.05, 0) is 18.6 Å². The number of nitrogens with one attached hydrogen (secondary N) is 1. The van der Waals surface area contributed by atoms with Crippen molar-refractivity contribution in [1.82, 2.24) is 10.4 Å². The van der Waals surface area contributed by atoms with E-state index in [1.54, 1.807) is 0 Å². The van der Waals surface area contributed by atoms with E-state index in [1.165, 1.54) is 0 Å². The van der Waals surface area contributed by atoms with Crippen molar-refractivity contribution in [2.75, 3.05) is 19.8 Å². The smallest absolute Gasteiger partial charge is 0.162 e. The summed E-state index contributed by atoms with van der Waals surface area (Å²) in [5, 5.41) is 11.0. The zero-order valence-electron chi connectivity index (χ0n) is 11.2. The predicted octanol–water partition coefficient (Wildman–Crippen LogP) is 0.863. The molecule has 2 N–H and O–H groups in total. The molecule has 0 saturated heterocycles. The first kappa shape index (κ1) is 13.1. The second-order valence-electron chi connectivity index (χ2n) is 4.98. The number of nitrogens with zero attached hydrogens (tertiary/aromatic N) is 1. The van der Waals surface area contributed by atoms with Crippen LogP contribution in [0.3, 0.4) is 0 Å². The van der Waals surface area contributed by atoms with Crippen LogP contribution in [-0.2, 0) is 4.79 Å². The fourth-order valence-corrected chi connectivity index (χ4v) is 2.77. The minimum absolute atomic E-state index is 0.0452. The van der Waals surface area contributed by atoms with Gasteiger partial charge in [0.25, 0.3) is 0 Å². The molecule has 20 heavy (non-hydrogen) atoms. The van der Waals surface area contributed by atoms with Crippen LogP contribution in [0.4, 0.5) is 0 Å². The van der Waals surface area contributed by atoms with E-state index < -0.39 is 0 Å². The maximum atomic E-state index is 12.0. The number of ether oxygens (including phenoxy) is 1. The number of rotatable bonds is 5. The number of carbonyl (C=O) groups is 1. The van der Waals surface area contributed by atoms with Gasteiger partial charge in [-0.2, -0.15) is 0 Å². The Morgan fingerprint density at radius 2 is 2.10 bits per heavy atom. The third-order valence-corrected chi connectivity index (χ3v) is 3.71. The predicted molar refractivity (Wildman–Crippen MR) is 73.9 cm³/mol. The Labute approximate surface area is 117 Å². The number of aliphatic hydroxyl groups excluding tert-OH is 1. The van der Waals surface area contributed by atoms with Gasteiger partial charge in [0.2, 0.25) is 0 Å². The number of hydrogen-bond acceptors (Lipinski definition) is 5. The fraction of sp³-hybridized carbons (Fsp3) is 0.400. The minimum Gasteiger partial charge on any atom is -0.492 e. The molecule has 0 fully saturated rings. The Kier molecular flexibility index (Phi) is 3.71. The Balaban J connectivity index is 1.72. The molecular weight excluding hydrogens is 256 g/mol. The number of carbonyl (C=O) groups excluding carboxylic acids is 1. The van der Waals surface area contributed by atoms with Crippen LogP contribution in [0.15, 0.2) is 41.6 Å². The van der Waals surface area contributed by atoms with E-state index in [4.69, 9.17) is 9.84 Å². The molecule has 0 amide bonds. The molecule has 1 aliphatic carbocycles. The summed E-state index contributed by atoms with van der Waals surface area (Å²) in [6.07, 6.45) is 1.34. The highest BCUT2D eigenvalue weighted by molar-refractivity contribution is 6.00. The molecule has 0 radical (unpaired) electrons. The van der Waals surface area contributed by atoms with Gasteiger partial charge in [-0.1, -0.05) is 18.2 Å². The summed E-state index contributed by atoms with van der Waals surface area (Å²) >= 11 is 0. The Hall–Kier alpha value is -1.85. The van der Waals surface area contributed by atoms with Gasteiger partial charge < -0.3 is 15.3 Å². The third kappa shape index (κ3) is 2.42. The highest BCUT2D eigenvalue weighted by atomic mass is 16.5. The Morgan fingerprint density at radius 1 is 1.30 bits per heavy atom. The highest BCUT2D eigenvalue weighted by Crippen LogP contribution is 2.31. The number of benzene rings is 1. The van der Waals surface area contributed by atoms with Gasteiger partial charge in [0, 0.05) is 24.2 Å². The lowest BCUT2D eigenvalue weighted by Gasteiger charge is -2.26. The molecule has 3 rings (SSSR count). The lowest BCUT2D eigenvalue weighted by molar-refractivity contribution is -0.115. The first-order valence-corrected chi connectivity index (χ1v) is 6.88. The average molecular weight is 274 g/mol. The SMILES string of the molecule is O=C1CCC2=C1C(COc1ccccc1)N(CCO)N2. The lowest BCUT2D eigenvalue weighted by Crippen LogP contribution is -2.45. The van der Waals surface area contributed by atoms with E-state index in [9.17, 15) is 4.79 Å². The molecule has 5 nitrogen and oxygen atoms in total. The van der Waals surface area contributed by atoms with Crippen LogP contribution in [-0.4, -0.2) is 41.7 Å². The summed E-state index contributed by atoms with van der Waals surface area (Å²) in [6, 6.07) is 9.43. The molecule has 1 aromatic carbocycles. The number of β-amino-alcohol motifs (C(OH)–C–C–N with tert-alkyl or cyclic N) is 1. The second kappa shape index (κ2) is 5.64. The quantitative estimate of drug-likeness (QED) is 0.834. The topological polar surface area (TPSA) is 61.8 Å². The van der Waals surface area contributed by atoms with Gasteiger partial charge in [-0.25, -0.2) is 5.01 Å². The molecule has 106 valence electrons. The summed E-state index contributed by atoms with van der Waals surface area (Å²) in [6.45, 7) is 0.925. The zero-order chi connectivity index (χ0) is 13.9. The standard InChI is InChI=1S/C15H18N2O3/c18-9-8-17-13(10-20-11-4-2-1-3-5-11)15-12(16-17)6-7-14(15)19/h1-5,13,16,18H,6-10H2. The van der Waals surface area contributed by atoms with Gasteiger partial charge in [0.1, 0.15) is 12.4 Å². The number of para-hydroxylation sites is 1. The molecule has 1 unspecified atom stereocenters. The van der Waals surface area contributed by atoms with Crippen molar-refractivity contribution in [1.29, 1.82) is 0 Å². The van der Waals surface area contributed by atoms with Crippen molar-refractivity contribution in [3.05, 3.63) is 41.6 Å². The first-order valence-electron chi connectivity index (χ1n) is 6.88. The van der Waals surface area contributed by atoms with Gasteiger partial charge >= 0.3 is 0 Å². The van der Waals surface area contributed by atoms with E-state index in [0.29, 0.717) is 19.6 Å². The van der Waals surface area contributed by atoms with Crippen molar-refractivity contribution in [2.24, 2.45) is 0 Å². The van der Waals surface area contributed by atoms with Crippen LogP contribution in [0, 0.1) is 0 Å². The van der Waals surface area contributed by atoms with Crippen molar-refractivity contribution in [2.45, 2.75) is 18.9 Å². The molecule has 1 aliphatic heterocycles. The second-order valence-corrected chi connectivity index (χ2v) is 4.98. The van der Waals surface area contributed by atoms with Crippen LogP contribution in [0.25, 0.3) is 0 Å². The monoisotopic (exact) mass is 274 g/mol. The third-order valence-electron chi connectivity index (χ3n) is 3.71. The normalized spacial score (nSPS) is 22.1. The summed E-state index contributed by atoms with van der Waals surface area (Å²) in [5.41, 5.74) is 5.04. The number of aliphatic hydroxyl groups is 1. The molecule has 0 spiro atoms. The van der Waals surface area contributed by atoms with Crippen LogP contribution < -0.4 is 10.2 Å². The lowest BCUT2D eigenvalue weighted by atomic mass is 10.1. The maximum Gasteiger partial charge on any atom is 0.162 e. The fourth-order valence-electron chi connectivity index (χ4n) is 2.77. The molecule has 0 bridgehead atoms. The summed E-state index contributed by atoms with van der Waals surface area (Å²) in [4.78, 5) is 12.0. The zero-order valence-corrected chi connectivity index (χ0v) is 11.2. The van der Waals surface area contributed by atoms with E-state index in [-0.39, 0.29) is 18.4 Å². The average Bonchev–Trinajstić information content (AvgIpc) is 2.99. The van der Waals surface area contributed by atoms with E-state index >= 15 is 0 Å². The van der Waals surface area contributed by atoms with E-state index in [0.717, 1.165) is 23.4 Å². The molecule has 1 atom stereocenters. The van der Waals surface area contributed by atoms with Crippen molar-refractivity contribution < 1.29 is 14.6 Å². The summed E-state index contributed by atoms with van der Waals surface area (Å²) in [7, 11) is 0. The Morgan fingerprint density at radius 3 is 2.85 bits per heavy atom. The van der Waals surface area contributed by atoms with Crippen molar-refractivity contribution in [3.8, 4) is 5.75 Å². The largest absolute Gasteiger partial charge is 0.492 e. The number of hydrazine groups is 1. The summed E-state index contributed by atoms with van der Waals surface area (Å²) in [5.74, 6) is 0.977. The van der Waals surface area contributed by atoms with E-state index in [1.807, 2.05) is 35.3 Å². The van der Waals surface area contributed by atoms with E-state index in [2.05, 4.69) is 5.43 Å². The molecule has 1 heterocycles. The van der Waals surface area contributed by atoms with Crippen LogP contribution in [0.5, 0.6) is 5.75 Å². The maximum absolute atomic E-state index is 12.0. The minimum atomic E-state index is -0.118. The molecule has 0 aromatic heterocycles. The van der Waals surface area contributed by atoms with Crippen molar-refractivity contribution in [3.63, 3.8) is 0 Å². The summed E-state index contributed by atoms with van der Waals surface area (Å²) < 4.78 is 5.77. The van der Waals surface area contributed by atoms with Crippen LogP contribution >= 0.6 is 0 Å². The van der Waals surface area contributed by atoms with Gasteiger partial charge in [-0.3, -0.25) is 4.79 Å². The molecular formula is C15H18N2O3. The van der Waals surface area contributed by atoms with Gasteiger partial charge in [-0.15, -0.1) is 0 Å².